The van der Waals surface area contributed by atoms with Crippen molar-refractivity contribution in [2.75, 3.05) is 0 Å². The molecule has 0 N–H and O–H groups in total. The van der Waals surface area contributed by atoms with Crippen molar-refractivity contribution in [1.29, 1.82) is 0 Å². The van der Waals surface area contributed by atoms with E-state index in [0.29, 0.717) is 11.1 Å². The van der Waals surface area contributed by atoms with Gasteiger partial charge in [-0.3, -0.25) is 4.79 Å². The Morgan fingerprint density at radius 1 is 0.826 bits per heavy atom. The van der Waals surface area contributed by atoms with Gasteiger partial charge in [-0.05, 0) is 54.1 Å². The molecule has 0 aliphatic heterocycles. The second-order valence-electron chi connectivity index (χ2n) is 4.59. The standard InChI is InChI=1S/C16H8Cl3F3O/c17-11-3-1-9(2-4-11)15(23)8-14(16(20,21)22)10-5-12(18)7-13(19)6-10/h1-8H. The van der Waals surface area contributed by atoms with Crippen LogP contribution in [0.3, 0.4) is 0 Å². The van der Waals surface area contributed by atoms with Gasteiger partial charge in [0.25, 0.3) is 0 Å². The summed E-state index contributed by atoms with van der Waals surface area (Å²) in [7, 11) is 0. The van der Waals surface area contributed by atoms with Crippen molar-refractivity contribution in [3.05, 3.63) is 74.7 Å². The van der Waals surface area contributed by atoms with Crippen LogP contribution in [0.25, 0.3) is 5.57 Å². The molecule has 0 radical (unpaired) electrons. The number of halogens is 6. The Bertz CT molecular complexity index is 745. The van der Waals surface area contributed by atoms with Gasteiger partial charge in [-0.2, -0.15) is 13.2 Å². The molecule has 0 aromatic heterocycles. The van der Waals surface area contributed by atoms with Crippen molar-refractivity contribution in [3.63, 3.8) is 0 Å². The molecule has 0 saturated carbocycles. The molecule has 2 aromatic rings. The Labute approximate surface area is 145 Å². The van der Waals surface area contributed by atoms with Crippen molar-refractivity contribution in [2.45, 2.75) is 6.18 Å². The van der Waals surface area contributed by atoms with Gasteiger partial charge in [-0.25, -0.2) is 0 Å². The molecular formula is C16H8Cl3F3O. The lowest BCUT2D eigenvalue weighted by Crippen LogP contribution is -2.13. The maximum atomic E-state index is 13.3. The summed E-state index contributed by atoms with van der Waals surface area (Å²) in [5, 5.41) is 0.464. The first-order chi connectivity index (χ1) is 10.7. The van der Waals surface area contributed by atoms with E-state index in [1.54, 1.807) is 0 Å². The highest BCUT2D eigenvalue weighted by Gasteiger charge is 2.35. The average molecular weight is 380 g/mol. The second kappa shape index (κ2) is 6.95. The van der Waals surface area contributed by atoms with Crippen LogP contribution < -0.4 is 0 Å². The predicted molar refractivity (Wildman–Crippen MR) is 86.3 cm³/mol. The number of rotatable bonds is 3. The number of ketones is 1. The lowest BCUT2D eigenvalue weighted by atomic mass is 10.0. The van der Waals surface area contributed by atoms with Gasteiger partial charge in [0.1, 0.15) is 0 Å². The molecule has 2 rings (SSSR count). The van der Waals surface area contributed by atoms with Crippen LogP contribution in [-0.2, 0) is 0 Å². The van der Waals surface area contributed by atoms with Crippen LogP contribution >= 0.6 is 34.8 Å². The first-order valence-electron chi connectivity index (χ1n) is 6.22. The number of allylic oxidation sites excluding steroid dienone is 2. The highest BCUT2D eigenvalue weighted by atomic mass is 35.5. The fraction of sp³-hybridized carbons (Fsp3) is 0.0625. The molecule has 120 valence electrons. The number of benzene rings is 2. The van der Waals surface area contributed by atoms with Gasteiger partial charge in [-0.1, -0.05) is 34.8 Å². The zero-order chi connectivity index (χ0) is 17.2. The van der Waals surface area contributed by atoms with Crippen molar-refractivity contribution in [3.8, 4) is 0 Å². The van der Waals surface area contributed by atoms with Crippen LogP contribution in [0.15, 0.2) is 48.5 Å². The summed E-state index contributed by atoms with van der Waals surface area (Å²) >= 11 is 17.2. The fourth-order valence-corrected chi connectivity index (χ4v) is 2.52. The Balaban J connectivity index is 2.50. The Hall–Kier alpha value is -1.49. The summed E-state index contributed by atoms with van der Waals surface area (Å²) in [4.78, 5) is 12.1. The third-order valence-electron chi connectivity index (χ3n) is 2.88. The third kappa shape index (κ3) is 4.74. The lowest BCUT2D eigenvalue weighted by Gasteiger charge is -2.13. The summed E-state index contributed by atoms with van der Waals surface area (Å²) in [5.74, 6) is -0.801. The highest BCUT2D eigenvalue weighted by Crippen LogP contribution is 2.36. The minimum atomic E-state index is -4.74. The van der Waals surface area contributed by atoms with Crippen LogP contribution in [-0.4, -0.2) is 12.0 Å². The van der Waals surface area contributed by atoms with Crippen molar-refractivity contribution in [2.24, 2.45) is 0 Å². The van der Waals surface area contributed by atoms with E-state index in [1.807, 2.05) is 0 Å². The van der Waals surface area contributed by atoms with Gasteiger partial charge < -0.3 is 0 Å². The zero-order valence-electron chi connectivity index (χ0n) is 11.3. The Kier molecular flexibility index (Phi) is 5.40. The van der Waals surface area contributed by atoms with E-state index in [-0.39, 0.29) is 21.2 Å². The lowest BCUT2D eigenvalue weighted by molar-refractivity contribution is -0.0689. The van der Waals surface area contributed by atoms with Gasteiger partial charge >= 0.3 is 6.18 Å². The Morgan fingerprint density at radius 2 is 1.35 bits per heavy atom. The van der Waals surface area contributed by atoms with Crippen LogP contribution in [0.4, 0.5) is 13.2 Å². The van der Waals surface area contributed by atoms with Crippen molar-refractivity contribution in [1.82, 2.24) is 0 Å². The normalized spacial score (nSPS) is 12.3. The first kappa shape index (κ1) is 17.9. The largest absolute Gasteiger partial charge is 0.417 e. The number of carbonyl (C=O) groups is 1. The van der Waals surface area contributed by atoms with Gasteiger partial charge in [0, 0.05) is 20.6 Å². The van der Waals surface area contributed by atoms with Crippen molar-refractivity contribution >= 4 is 46.2 Å². The SMILES string of the molecule is O=C(C=C(c1cc(Cl)cc(Cl)c1)C(F)(F)F)c1ccc(Cl)cc1. The molecule has 0 aliphatic rings. The van der Waals surface area contributed by atoms with E-state index in [4.69, 9.17) is 34.8 Å². The topological polar surface area (TPSA) is 17.1 Å². The maximum absolute atomic E-state index is 13.3. The molecule has 0 spiro atoms. The zero-order valence-corrected chi connectivity index (χ0v) is 13.6. The number of hydrogen-bond acceptors (Lipinski definition) is 1. The molecule has 0 heterocycles. The molecule has 0 unspecified atom stereocenters. The minimum absolute atomic E-state index is 0.0431. The summed E-state index contributed by atoms with van der Waals surface area (Å²) in [6.07, 6.45) is -4.22. The van der Waals surface area contributed by atoms with Gasteiger partial charge in [0.15, 0.2) is 5.78 Å². The molecule has 0 fully saturated rings. The first-order valence-corrected chi connectivity index (χ1v) is 7.35. The molecule has 0 atom stereocenters. The molecule has 0 saturated heterocycles. The molecular weight excluding hydrogens is 372 g/mol. The summed E-state index contributed by atoms with van der Waals surface area (Å²) in [5.41, 5.74) is -1.32. The van der Waals surface area contributed by atoms with Gasteiger partial charge in [0.2, 0.25) is 0 Å². The molecule has 0 amide bonds. The highest BCUT2D eigenvalue weighted by molar-refractivity contribution is 6.35. The number of carbonyl (C=O) groups excluding carboxylic acids is 1. The van der Waals surface area contributed by atoms with Crippen LogP contribution in [0, 0.1) is 0 Å². The van der Waals surface area contributed by atoms with Crippen molar-refractivity contribution < 1.29 is 18.0 Å². The quantitative estimate of drug-likeness (QED) is 0.441. The van der Waals surface area contributed by atoms with E-state index in [2.05, 4.69) is 0 Å². The summed E-state index contributed by atoms with van der Waals surface area (Å²) in [6.45, 7) is 0. The summed E-state index contributed by atoms with van der Waals surface area (Å²) in [6, 6.07) is 9.05. The number of hydrogen-bond donors (Lipinski definition) is 0. The fourth-order valence-electron chi connectivity index (χ4n) is 1.87. The predicted octanol–water partition coefficient (Wildman–Crippen LogP) is 6.48. The van der Waals surface area contributed by atoms with E-state index >= 15 is 0 Å². The monoisotopic (exact) mass is 378 g/mol. The maximum Gasteiger partial charge on any atom is 0.417 e. The Morgan fingerprint density at radius 3 is 1.83 bits per heavy atom. The smallest absolute Gasteiger partial charge is 0.289 e. The van der Waals surface area contributed by atoms with Crippen LogP contribution in [0.2, 0.25) is 15.1 Å². The van der Waals surface area contributed by atoms with E-state index in [9.17, 15) is 18.0 Å². The van der Waals surface area contributed by atoms with E-state index < -0.39 is 17.5 Å². The van der Waals surface area contributed by atoms with Gasteiger partial charge in [-0.15, -0.1) is 0 Å². The molecule has 0 bridgehead atoms. The molecule has 7 heteroatoms. The molecule has 1 nitrogen and oxygen atoms in total. The average Bonchev–Trinajstić information content (AvgIpc) is 2.42. The minimum Gasteiger partial charge on any atom is -0.289 e. The second-order valence-corrected chi connectivity index (χ2v) is 5.89. The van der Waals surface area contributed by atoms with Crippen LogP contribution in [0.1, 0.15) is 15.9 Å². The molecule has 2 aromatic carbocycles. The van der Waals surface area contributed by atoms with E-state index in [1.165, 1.54) is 30.3 Å². The molecule has 0 aliphatic carbocycles. The van der Waals surface area contributed by atoms with E-state index in [0.717, 1.165) is 12.1 Å². The van der Waals surface area contributed by atoms with Crippen LogP contribution in [0.5, 0.6) is 0 Å². The number of alkyl halides is 3. The van der Waals surface area contributed by atoms with Gasteiger partial charge in [0.05, 0.1) is 5.57 Å². The third-order valence-corrected chi connectivity index (χ3v) is 3.57. The summed E-state index contributed by atoms with van der Waals surface area (Å²) < 4.78 is 39.8. The molecule has 23 heavy (non-hydrogen) atoms.